The Bertz CT molecular complexity index is 936. The third kappa shape index (κ3) is 5.22. The maximum atomic E-state index is 12.5. The number of aromatic nitrogens is 1. The first-order valence-electron chi connectivity index (χ1n) is 10.0. The number of carbonyl (C=O) groups is 1. The molecule has 1 saturated heterocycles. The van der Waals surface area contributed by atoms with Crippen molar-refractivity contribution in [1.82, 2.24) is 15.6 Å². The summed E-state index contributed by atoms with van der Waals surface area (Å²) in [5.74, 6) is 0.756. The normalized spacial score (nSPS) is 14.5. The zero-order chi connectivity index (χ0) is 19.9. The molecule has 1 aliphatic rings. The molecule has 0 spiro atoms. The van der Waals surface area contributed by atoms with E-state index in [0.717, 1.165) is 48.7 Å². The molecule has 1 aromatic heterocycles. The number of hydrogen-bond donors (Lipinski definition) is 2. The number of hydrogen-bond acceptors (Lipinski definition) is 5. The summed E-state index contributed by atoms with van der Waals surface area (Å²) in [6, 6.07) is 18.1. The van der Waals surface area contributed by atoms with Crippen molar-refractivity contribution in [1.29, 1.82) is 0 Å². The maximum absolute atomic E-state index is 12.5. The van der Waals surface area contributed by atoms with Crippen LogP contribution in [0.25, 0.3) is 10.6 Å². The number of piperidine rings is 1. The van der Waals surface area contributed by atoms with Crippen molar-refractivity contribution in [2.45, 2.75) is 25.4 Å². The van der Waals surface area contributed by atoms with E-state index in [2.05, 4.69) is 27.8 Å². The molecule has 4 rings (SSSR count). The molecule has 150 valence electrons. The molecule has 1 amide bonds. The fourth-order valence-corrected chi connectivity index (χ4v) is 4.26. The Labute approximate surface area is 175 Å². The van der Waals surface area contributed by atoms with Gasteiger partial charge in [-0.25, -0.2) is 4.98 Å². The maximum Gasteiger partial charge on any atom is 0.263 e. The van der Waals surface area contributed by atoms with Crippen LogP contribution in [-0.2, 0) is 6.42 Å². The van der Waals surface area contributed by atoms with E-state index in [-0.39, 0.29) is 12.0 Å². The molecule has 2 heterocycles. The minimum Gasteiger partial charge on any atom is -0.490 e. The van der Waals surface area contributed by atoms with E-state index in [1.807, 2.05) is 42.5 Å². The number of carbonyl (C=O) groups excluding carboxylic acids is 1. The summed E-state index contributed by atoms with van der Waals surface area (Å²) in [6.07, 6.45) is 4.69. The van der Waals surface area contributed by atoms with Crippen molar-refractivity contribution in [3.8, 4) is 16.3 Å². The van der Waals surface area contributed by atoms with E-state index in [1.165, 1.54) is 16.9 Å². The van der Waals surface area contributed by atoms with Crippen LogP contribution in [0.4, 0.5) is 0 Å². The second kappa shape index (κ2) is 9.67. The van der Waals surface area contributed by atoms with Crippen LogP contribution in [0.1, 0.15) is 28.1 Å². The fraction of sp³-hybridized carbons (Fsp3) is 0.304. The summed E-state index contributed by atoms with van der Waals surface area (Å²) in [5, 5.41) is 7.15. The smallest absolute Gasteiger partial charge is 0.263 e. The molecule has 0 aliphatic carbocycles. The third-order valence-electron chi connectivity index (χ3n) is 4.97. The SMILES string of the molecule is O=C(NCCc1ccccc1)c1cnc(-c2ccccc2OC2CCNCC2)s1. The van der Waals surface area contributed by atoms with Gasteiger partial charge < -0.3 is 15.4 Å². The summed E-state index contributed by atoms with van der Waals surface area (Å²) < 4.78 is 6.25. The number of ether oxygens (including phenoxy) is 1. The molecule has 0 unspecified atom stereocenters. The van der Waals surface area contributed by atoms with Crippen molar-refractivity contribution in [2.75, 3.05) is 19.6 Å². The highest BCUT2D eigenvalue weighted by Gasteiger charge is 2.18. The zero-order valence-corrected chi connectivity index (χ0v) is 17.1. The second-order valence-corrected chi connectivity index (χ2v) is 8.12. The van der Waals surface area contributed by atoms with E-state index in [1.54, 1.807) is 6.20 Å². The third-order valence-corrected chi connectivity index (χ3v) is 6.00. The number of nitrogens with zero attached hydrogens (tertiary/aromatic N) is 1. The van der Waals surface area contributed by atoms with Crippen LogP contribution in [0.3, 0.4) is 0 Å². The van der Waals surface area contributed by atoms with Gasteiger partial charge in [-0.1, -0.05) is 42.5 Å². The lowest BCUT2D eigenvalue weighted by molar-refractivity contribution is 0.0958. The predicted octanol–water partition coefficient (Wildman–Crippen LogP) is 3.91. The van der Waals surface area contributed by atoms with Crippen LogP contribution in [0.2, 0.25) is 0 Å². The lowest BCUT2D eigenvalue weighted by Gasteiger charge is -2.24. The van der Waals surface area contributed by atoms with Crippen LogP contribution in [0.5, 0.6) is 5.75 Å². The van der Waals surface area contributed by atoms with Crippen molar-refractivity contribution in [3.05, 3.63) is 71.2 Å². The Hall–Kier alpha value is -2.70. The van der Waals surface area contributed by atoms with Crippen LogP contribution in [-0.4, -0.2) is 36.6 Å². The quantitative estimate of drug-likeness (QED) is 0.623. The second-order valence-electron chi connectivity index (χ2n) is 7.08. The molecule has 6 heteroatoms. The number of thiazole rings is 1. The van der Waals surface area contributed by atoms with Crippen molar-refractivity contribution >= 4 is 17.2 Å². The van der Waals surface area contributed by atoms with Gasteiger partial charge in [0.1, 0.15) is 21.7 Å². The van der Waals surface area contributed by atoms with Crippen LogP contribution in [0, 0.1) is 0 Å². The highest BCUT2D eigenvalue weighted by atomic mass is 32.1. The lowest BCUT2D eigenvalue weighted by atomic mass is 10.1. The Morgan fingerprint density at radius 2 is 1.86 bits per heavy atom. The van der Waals surface area contributed by atoms with Gasteiger partial charge in [0.05, 0.1) is 11.8 Å². The molecule has 0 bridgehead atoms. The Kier molecular flexibility index (Phi) is 6.54. The molecule has 5 nitrogen and oxygen atoms in total. The number of para-hydroxylation sites is 1. The van der Waals surface area contributed by atoms with Gasteiger partial charge in [-0.15, -0.1) is 11.3 Å². The van der Waals surface area contributed by atoms with Gasteiger partial charge in [-0.05, 0) is 50.0 Å². The fourth-order valence-electron chi connectivity index (χ4n) is 3.39. The molecule has 0 radical (unpaired) electrons. The van der Waals surface area contributed by atoms with Gasteiger partial charge >= 0.3 is 0 Å². The molecular formula is C23H25N3O2S. The van der Waals surface area contributed by atoms with Gasteiger partial charge in [0, 0.05) is 6.54 Å². The molecular weight excluding hydrogens is 382 g/mol. The molecule has 1 aliphatic heterocycles. The molecule has 29 heavy (non-hydrogen) atoms. The van der Waals surface area contributed by atoms with Crippen LogP contribution in [0.15, 0.2) is 60.8 Å². The topological polar surface area (TPSA) is 63.2 Å². The van der Waals surface area contributed by atoms with Gasteiger partial charge in [0.15, 0.2) is 0 Å². The van der Waals surface area contributed by atoms with Crippen LogP contribution < -0.4 is 15.4 Å². The number of nitrogens with one attached hydrogen (secondary N) is 2. The molecule has 0 saturated carbocycles. The molecule has 0 atom stereocenters. The van der Waals surface area contributed by atoms with Gasteiger partial charge in [0.25, 0.3) is 5.91 Å². The molecule has 2 aromatic carbocycles. The first-order chi connectivity index (χ1) is 14.3. The Morgan fingerprint density at radius 1 is 1.10 bits per heavy atom. The summed E-state index contributed by atoms with van der Waals surface area (Å²) in [5.41, 5.74) is 2.15. The van der Waals surface area contributed by atoms with E-state index < -0.39 is 0 Å². The number of rotatable bonds is 7. The van der Waals surface area contributed by atoms with E-state index in [4.69, 9.17) is 4.74 Å². The minimum absolute atomic E-state index is 0.0820. The summed E-state index contributed by atoms with van der Waals surface area (Å²) in [6.45, 7) is 2.57. The van der Waals surface area contributed by atoms with E-state index in [9.17, 15) is 4.79 Å². The predicted molar refractivity (Wildman–Crippen MR) is 117 cm³/mol. The Morgan fingerprint density at radius 3 is 2.69 bits per heavy atom. The molecule has 1 fully saturated rings. The monoisotopic (exact) mass is 407 g/mol. The van der Waals surface area contributed by atoms with Crippen LogP contribution >= 0.6 is 11.3 Å². The molecule has 2 N–H and O–H groups in total. The minimum atomic E-state index is -0.0820. The van der Waals surface area contributed by atoms with E-state index >= 15 is 0 Å². The standard InChI is InChI=1S/C23H25N3O2S/c27-22(25-15-10-17-6-2-1-3-7-17)21-16-26-23(29-21)19-8-4-5-9-20(19)28-18-11-13-24-14-12-18/h1-9,16,18,24H,10-15H2,(H,25,27). The number of benzene rings is 2. The van der Waals surface area contributed by atoms with Gasteiger partial charge in [-0.3, -0.25) is 4.79 Å². The average Bonchev–Trinajstić information content (AvgIpc) is 3.26. The van der Waals surface area contributed by atoms with Gasteiger partial charge in [-0.2, -0.15) is 0 Å². The first-order valence-corrected chi connectivity index (χ1v) is 10.9. The first kappa shape index (κ1) is 19.6. The summed E-state index contributed by atoms with van der Waals surface area (Å²) in [7, 11) is 0. The Balaban J connectivity index is 1.40. The molecule has 3 aromatic rings. The van der Waals surface area contributed by atoms with Crippen molar-refractivity contribution < 1.29 is 9.53 Å². The number of amides is 1. The van der Waals surface area contributed by atoms with Gasteiger partial charge in [0.2, 0.25) is 0 Å². The lowest BCUT2D eigenvalue weighted by Crippen LogP contribution is -2.34. The highest BCUT2D eigenvalue weighted by molar-refractivity contribution is 7.16. The average molecular weight is 408 g/mol. The highest BCUT2D eigenvalue weighted by Crippen LogP contribution is 2.34. The van der Waals surface area contributed by atoms with E-state index in [0.29, 0.717) is 11.4 Å². The van der Waals surface area contributed by atoms with Crippen molar-refractivity contribution in [2.24, 2.45) is 0 Å². The largest absolute Gasteiger partial charge is 0.490 e. The summed E-state index contributed by atoms with van der Waals surface area (Å²) >= 11 is 1.40. The zero-order valence-electron chi connectivity index (χ0n) is 16.3. The van der Waals surface area contributed by atoms with Crippen molar-refractivity contribution in [3.63, 3.8) is 0 Å². The summed E-state index contributed by atoms with van der Waals surface area (Å²) in [4.78, 5) is 17.6.